The van der Waals surface area contributed by atoms with Crippen LogP contribution in [0.25, 0.3) is 0 Å². The third kappa shape index (κ3) is 1.90. The number of imidazole rings is 1. The van der Waals surface area contributed by atoms with E-state index in [2.05, 4.69) is 16.5 Å². The Balaban J connectivity index is 1.89. The van der Waals surface area contributed by atoms with E-state index in [-0.39, 0.29) is 0 Å². The maximum absolute atomic E-state index is 4.28. The summed E-state index contributed by atoms with van der Waals surface area (Å²) in [5, 5.41) is 1.11. The van der Waals surface area contributed by atoms with Crippen molar-refractivity contribution >= 4 is 11.8 Å². The summed E-state index contributed by atoms with van der Waals surface area (Å²) in [5.74, 6) is 1.11. The molecule has 71 valence electrons. The van der Waals surface area contributed by atoms with Crippen molar-refractivity contribution in [1.29, 1.82) is 0 Å². The first-order valence-corrected chi connectivity index (χ1v) is 5.64. The fraction of sp³-hybridized carbons (Fsp3) is 0.600. The molecule has 1 saturated carbocycles. The van der Waals surface area contributed by atoms with Gasteiger partial charge in [0.1, 0.15) is 0 Å². The molecule has 1 aliphatic carbocycles. The second kappa shape index (κ2) is 3.37. The van der Waals surface area contributed by atoms with Crippen molar-refractivity contribution in [1.82, 2.24) is 9.55 Å². The molecule has 1 aliphatic rings. The van der Waals surface area contributed by atoms with E-state index >= 15 is 0 Å². The number of hydrogen-bond donors (Lipinski definition) is 0. The molecule has 13 heavy (non-hydrogen) atoms. The van der Waals surface area contributed by atoms with E-state index in [1.54, 1.807) is 0 Å². The van der Waals surface area contributed by atoms with Crippen LogP contribution in [0.5, 0.6) is 0 Å². The molecule has 0 aliphatic heterocycles. The van der Waals surface area contributed by atoms with Crippen LogP contribution >= 0.6 is 11.8 Å². The highest BCUT2D eigenvalue weighted by molar-refractivity contribution is 7.99. The molecule has 0 saturated heterocycles. The zero-order valence-electron chi connectivity index (χ0n) is 7.99. The first kappa shape index (κ1) is 9.13. The van der Waals surface area contributed by atoms with Gasteiger partial charge in [-0.2, -0.15) is 0 Å². The molecule has 2 rings (SSSR count). The van der Waals surface area contributed by atoms with Crippen LogP contribution in [-0.4, -0.2) is 15.3 Å². The number of aryl methyl sites for hydroxylation is 1. The van der Waals surface area contributed by atoms with E-state index < -0.39 is 0 Å². The van der Waals surface area contributed by atoms with Gasteiger partial charge in [-0.1, -0.05) is 18.2 Å². The van der Waals surface area contributed by atoms with Crippen LogP contribution in [0.2, 0.25) is 0 Å². The second-order valence-electron chi connectivity index (χ2n) is 3.96. The molecule has 1 fully saturated rings. The molecular formula is C10H15N2S. The molecule has 0 aromatic carbocycles. The van der Waals surface area contributed by atoms with Crippen molar-refractivity contribution in [3.63, 3.8) is 0 Å². The van der Waals surface area contributed by atoms with Gasteiger partial charge in [-0.25, -0.2) is 4.98 Å². The molecule has 1 heterocycles. The number of rotatable bonds is 3. The zero-order chi connectivity index (χ0) is 9.31. The van der Waals surface area contributed by atoms with Crippen LogP contribution in [-0.2, 0) is 7.05 Å². The SMILES string of the molecule is [CH2]C1(CSc2nccn2C)CCC1. The van der Waals surface area contributed by atoms with Gasteiger partial charge in [0.15, 0.2) is 5.16 Å². The number of nitrogens with zero attached hydrogens (tertiary/aromatic N) is 2. The lowest BCUT2D eigenvalue weighted by Crippen LogP contribution is -2.28. The summed E-state index contributed by atoms with van der Waals surface area (Å²) < 4.78 is 2.06. The van der Waals surface area contributed by atoms with Crippen LogP contribution < -0.4 is 0 Å². The van der Waals surface area contributed by atoms with Crippen LogP contribution in [0, 0.1) is 12.3 Å². The molecule has 0 atom stereocenters. The van der Waals surface area contributed by atoms with Crippen LogP contribution in [0.1, 0.15) is 19.3 Å². The van der Waals surface area contributed by atoms with Gasteiger partial charge >= 0.3 is 0 Å². The summed E-state index contributed by atoms with van der Waals surface area (Å²) in [6.45, 7) is 4.25. The topological polar surface area (TPSA) is 17.8 Å². The molecule has 0 unspecified atom stereocenters. The summed E-state index contributed by atoms with van der Waals surface area (Å²) in [6, 6.07) is 0. The first-order valence-electron chi connectivity index (χ1n) is 4.65. The highest BCUT2D eigenvalue weighted by Crippen LogP contribution is 2.43. The third-order valence-electron chi connectivity index (χ3n) is 2.70. The van der Waals surface area contributed by atoms with Crippen molar-refractivity contribution in [2.45, 2.75) is 24.4 Å². The average molecular weight is 195 g/mol. The van der Waals surface area contributed by atoms with Gasteiger partial charge < -0.3 is 4.57 Å². The maximum atomic E-state index is 4.28. The monoisotopic (exact) mass is 195 g/mol. The van der Waals surface area contributed by atoms with Crippen molar-refractivity contribution in [3.05, 3.63) is 19.3 Å². The van der Waals surface area contributed by atoms with E-state index in [0.717, 1.165) is 10.9 Å². The largest absolute Gasteiger partial charge is 0.329 e. The highest BCUT2D eigenvalue weighted by atomic mass is 32.2. The molecule has 0 N–H and O–H groups in total. The normalized spacial score (nSPS) is 19.8. The van der Waals surface area contributed by atoms with Crippen molar-refractivity contribution in [3.8, 4) is 0 Å². The lowest BCUT2D eigenvalue weighted by Gasteiger charge is -2.37. The molecule has 0 bridgehead atoms. The zero-order valence-corrected chi connectivity index (χ0v) is 8.81. The Bertz CT molecular complexity index is 289. The number of hydrogen-bond acceptors (Lipinski definition) is 2. The Hall–Kier alpha value is -0.440. The summed E-state index contributed by atoms with van der Waals surface area (Å²) in [5.41, 5.74) is 0.344. The van der Waals surface area contributed by atoms with Crippen LogP contribution in [0.4, 0.5) is 0 Å². The minimum Gasteiger partial charge on any atom is -0.329 e. The summed E-state index contributed by atoms with van der Waals surface area (Å²) in [7, 11) is 2.03. The lowest BCUT2D eigenvalue weighted by molar-refractivity contribution is 0.237. The van der Waals surface area contributed by atoms with E-state index in [9.17, 15) is 0 Å². The van der Waals surface area contributed by atoms with Crippen molar-refractivity contribution in [2.24, 2.45) is 12.5 Å². The van der Waals surface area contributed by atoms with Crippen LogP contribution in [0.15, 0.2) is 17.6 Å². The van der Waals surface area contributed by atoms with E-state index in [4.69, 9.17) is 0 Å². The molecule has 1 aromatic heterocycles. The maximum Gasteiger partial charge on any atom is 0.167 e. The van der Waals surface area contributed by atoms with Gasteiger partial charge in [-0.3, -0.25) is 0 Å². The summed E-state index contributed by atoms with van der Waals surface area (Å²) in [6.07, 6.45) is 7.75. The van der Waals surface area contributed by atoms with Crippen LogP contribution in [0.3, 0.4) is 0 Å². The average Bonchev–Trinajstić information content (AvgIpc) is 2.44. The standard InChI is InChI=1S/C10H15N2S/c1-10(4-3-5-10)8-13-9-11-6-7-12(9)2/h6-7H,1,3-5,8H2,2H3. The molecule has 3 heteroatoms. The molecular weight excluding hydrogens is 180 g/mol. The Morgan fingerprint density at radius 3 is 2.92 bits per heavy atom. The van der Waals surface area contributed by atoms with Gasteiger partial charge in [-0.05, 0) is 25.2 Å². The highest BCUT2D eigenvalue weighted by Gasteiger charge is 2.32. The smallest absolute Gasteiger partial charge is 0.167 e. The number of aromatic nitrogens is 2. The molecule has 0 amide bonds. The quantitative estimate of drug-likeness (QED) is 0.690. The second-order valence-corrected chi connectivity index (χ2v) is 4.91. The predicted molar refractivity (Wildman–Crippen MR) is 55.6 cm³/mol. The van der Waals surface area contributed by atoms with Gasteiger partial charge in [-0.15, -0.1) is 0 Å². The fourth-order valence-corrected chi connectivity index (χ4v) is 2.65. The summed E-state index contributed by atoms with van der Waals surface area (Å²) >= 11 is 1.83. The minimum absolute atomic E-state index is 0.344. The Morgan fingerprint density at radius 1 is 1.69 bits per heavy atom. The van der Waals surface area contributed by atoms with Gasteiger partial charge in [0.05, 0.1) is 0 Å². The molecule has 2 nitrogen and oxygen atoms in total. The number of thioether (sulfide) groups is 1. The summed E-state index contributed by atoms with van der Waals surface area (Å²) in [4.78, 5) is 4.28. The molecule has 0 spiro atoms. The van der Waals surface area contributed by atoms with Gasteiger partial charge in [0, 0.05) is 25.2 Å². The first-order chi connectivity index (χ1) is 6.20. The minimum atomic E-state index is 0.344. The fourth-order valence-electron chi connectivity index (χ4n) is 1.53. The Labute approximate surface area is 83.7 Å². The van der Waals surface area contributed by atoms with E-state index in [1.165, 1.54) is 19.3 Å². The van der Waals surface area contributed by atoms with Gasteiger partial charge in [0.25, 0.3) is 0 Å². The Morgan fingerprint density at radius 2 is 2.46 bits per heavy atom. The van der Waals surface area contributed by atoms with E-state index in [0.29, 0.717) is 5.41 Å². The third-order valence-corrected chi connectivity index (χ3v) is 4.11. The lowest BCUT2D eigenvalue weighted by atomic mass is 9.72. The van der Waals surface area contributed by atoms with E-state index in [1.807, 2.05) is 31.2 Å². The van der Waals surface area contributed by atoms with Crippen molar-refractivity contribution < 1.29 is 0 Å². The van der Waals surface area contributed by atoms with Gasteiger partial charge in [0.2, 0.25) is 0 Å². The predicted octanol–water partition coefficient (Wildman–Crippen LogP) is 2.52. The van der Waals surface area contributed by atoms with Crippen molar-refractivity contribution in [2.75, 3.05) is 5.75 Å². The molecule has 1 radical (unpaired) electrons. The Kier molecular flexibility index (Phi) is 2.37. The molecule has 1 aromatic rings.